The van der Waals surface area contributed by atoms with Gasteiger partial charge in [-0.25, -0.2) is 4.98 Å². The molecular formula is C17H17N3O2S. The minimum absolute atomic E-state index is 0.0828. The quantitative estimate of drug-likeness (QED) is 0.908. The van der Waals surface area contributed by atoms with E-state index in [1.54, 1.807) is 11.6 Å². The van der Waals surface area contributed by atoms with E-state index in [1.165, 1.54) is 24.2 Å². The van der Waals surface area contributed by atoms with Crippen LogP contribution in [-0.4, -0.2) is 16.8 Å². The molecule has 2 aliphatic rings. The van der Waals surface area contributed by atoms with Gasteiger partial charge in [0, 0.05) is 23.7 Å². The number of thiazole rings is 1. The number of hydrogen-bond donors (Lipinski definition) is 2. The maximum Gasteiger partial charge on any atom is 0.267 e. The van der Waals surface area contributed by atoms with Gasteiger partial charge >= 0.3 is 0 Å². The molecule has 0 unspecified atom stereocenters. The highest BCUT2D eigenvalue weighted by Gasteiger charge is 2.26. The van der Waals surface area contributed by atoms with E-state index in [4.69, 9.17) is 0 Å². The van der Waals surface area contributed by atoms with Crippen molar-refractivity contribution in [1.82, 2.24) is 10.3 Å². The normalized spacial score (nSPS) is 17.1. The predicted molar refractivity (Wildman–Crippen MR) is 88.9 cm³/mol. The number of carbonyl (C=O) groups is 2. The molecule has 0 atom stereocenters. The molecular weight excluding hydrogens is 310 g/mol. The number of amides is 2. The van der Waals surface area contributed by atoms with E-state index in [0.29, 0.717) is 28.6 Å². The summed E-state index contributed by atoms with van der Waals surface area (Å²) in [4.78, 5) is 29.4. The summed E-state index contributed by atoms with van der Waals surface area (Å²) in [7, 11) is 0. The number of benzene rings is 1. The number of rotatable bonds is 3. The van der Waals surface area contributed by atoms with Crippen molar-refractivity contribution in [2.75, 3.05) is 5.32 Å². The molecule has 2 amide bonds. The third kappa shape index (κ3) is 2.63. The number of nitrogens with zero attached hydrogens (tertiary/aromatic N) is 1. The Balaban J connectivity index is 1.56. The largest absolute Gasteiger partial charge is 0.348 e. The molecule has 1 aliphatic carbocycles. The molecule has 2 heterocycles. The molecule has 4 rings (SSSR count). The van der Waals surface area contributed by atoms with Gasteiger partial charge in [0.2, 0.25) is 0 Å². The molecule has 1 aliphatic heterocycles. The Labute approximate surface area is 138 Å². The van der Waals surface area contributed by atoms with Gasteiger partial charge in [-0.3, -0.25) is 9.59 Å². The van der Waals surface area contributed by atoms with Gasteiger partial charge in [-0.05, 0) is 30.5 Å². The molecule has 1 fully saturated rings. The van der Waals surface area contributed by atoms with Crippen LogP contribution in [0.4, 0.5) is 5.69 Å². The molecule has 0 bridgehead atoms. The first-order chi connectivity index (χ1) is 11.2. The molecule has 2 aromatic rings. The number of aromatic nitrogens is 1. The third-order valence-corrected chi connectivity index (χ3v) is 5.44. The van der Waals surface area contributed by atoms with Crippen LogP contribution in [0, 0.1) is 0 Å². The number of hydrogen-bond acceptors (Lipinski definition) is 4. The summed E-state index contributed by atoms with van der Waals surface area (Å²) in [6, 6.07) is 5.46. The molecule has 0 spiro atoms. The van der Waals surface area contributed by atoms with Gasteiger partial charge in [0.25, 0.3) is 11.8 Å². The van der Waals surface area contributed by atoms with Crippen LogP contribution in [0.25, 0.3) is 0 Å². The van der Waals surface area contributed by atoms with Crippen LogP contribution in [0.5, 0.6) is 0 Å². The molecule has 5 nitrogen and oxygen atoms in total. The van der Waals surface area contributed by atoms with Crippen LogP contribution in [0.15, 0.2) is 23.7 Å². The van der Waals surface area contributed by atoms with E-state index < -0.39 is 0 Å². The van der Waals surface area contributed by atoms with Crippen molar-refractivity contribution in [3.05, 3.63) is 45.4 Å². The standard InChI is InChI=1S/C17H17N3O2S/c21-16-13-7-12(6-5-11(13)8-18-16)20-17(22)15-14(19-9-23-15)10-3-1-2-4-10/h5-7,9-10H,1-4,8H2,(H,18,21)(H,20,22). The molecule has 1 aromatic heterocycles. The summed E-state index contributed by atoms with van der Waals surface area (Å²) >= 11 is 1.39. The van der Waals surface area contributed by atoms with Gasteiger partial charge in [-0.1, -0.05) is 18.9 Å². The van der Waals surface area contributed by atoms with Crippen LogP contribution in [0.2, 0.25) is 0 Å². The van der Waals surface area contributed by atoms with Crippen molar-refractivity contribution in [3.8, 4) is 0 Å². The van der Waals surface area contributed by atoms with Gasteiger partial charge in [0.1, 0.15) is 4.88 Å². The second-order valence-electron chi connectivity index (χ2n) is 6.06. The highest BCUT2D eigenvalue weighted by atomic mass is 32.1. The van der Waals surface area contributed by atoms with E-state index in [2.05, 4.69) is 15.6 Å². The van der Waals surface area contributed by atoms with Crippen LogP contribution in [-0.2, 0) is 6.54 Å². The Bertz CT molecular complexity index is 778. The Morgan fingerprint density at radius 3 is 2.96 bits per heavy atom. The van der Waals surface area contributed by atoms with Crippen molar-refractivity contribution >= 4 is 28.8 Å². The van der Waals surface area contributed by atoms with Crippen LogP contribution in [0.1, 0.15) is 62.9 Å². The minimum Gasteiger partial charge on any atom is -0.348 e. The van der Waals surface area contributed by atoms with E-state index in [1.807, 2.05) is 12.1 Å². The van der Waals surface area contributed by atoms with Crippen molar-refractivity contribution < 1.29 is 9.59 Å². The first-order valence-corrected chi connectivity index (χ1v) is 8.76. The maximum atomic E-state index is 12.6. The Morgan fingerprint density at radius 1 is 1.30 bits per heavy atom. The molecule has 2 N–H and O–H groups in total. The number of nitrogens with one attached hydrogen (secondary N) is 2. The summed E-state index contributed by atoms with van der Waals surface area (Å²) in [5, 5.41) is 5.69. The van der Waals surface area contributed by atoms with Crippen molar-refractivity contribution in [2.24, 2.45) is 0 Å². The average molecular weight is 327 g/mol. The molecule has 118 valence electrons. The molecule has 1 saturated carbocycles. The summed E-state index contributed by atoms with van der Waals surface area (Å²) in [5.41, 5.74) is 4.94. The Kier molecular flexibility index (Phi) is 3.61. The predicted octanol–water partition coefficient (Wildman–Crippen LogP) is 3.30. The fourth-order valence-corrected chi connectivity index (χ4v) is 4.16. The van der Waals surface area contributed by atoms with Gasteiger partial charge in [-0.15, -0.1) is 11.3 Å². The van der Waals surface area contributed by atoms with Gasteiger partial charge in [-0.2, -0.15) is 0 Å². The highest BCUT2D eigenvalue weighted by molar-refractivity contribution is 7.12. The smallest absolute Gasteiger partial charge is 0.267 e. The van der Waals surface area contributed by atoms with Crippen LogP contribution < -0.4 is 10.6 Å². The van der Waals surface area contributed by atoms with E-state index >= 15 is 0 Å². The Morgan fingerprint density at radius 2 is 2.13 bits per heavy atom. The number of fused-ring (bicyclic) bond motifs is 1. The zero-order chi connectivity index (χ0) is 15.8. The van der Waals surface area contributed by atoms with Crippen molar-refractivity contribution in [1.29, 1.82) is 0 Å². The van der Waals surface area contributed by atoms with Gasteiger partial charge < -0.3 is 10.6 Å². The second-order valence-corrected chi connectivity index (χ2v) is 6.91. The number of anilines is 1. The monoisotopic (exact) mass is 327 g/mol. The minimum atomic E-state index is -0.132. The topological polar surface area (TPSA) is 71.1 Å². The first kappa shape index (κ1) is 14.4. The van der Waals surface area contributed by atoms with E-state index in [9.17, 15) is 9.59 Å². The van der Waals surface area contributed by atoms with E-state index in [0.717, 1.165) is 24.1 Å². The maximum absolute atomic E-state index is 12.6. The Hall–Kier alpha value is -2.21. The molecule has 6 heteroatoms. The molecule has 1 aromatic carbocycles. The van der Waals surface area contributed by atoms with Crippen LogP contribution >= 0.6 is 11.3 Å². The molecule has 0 saturated heterocycles. The summed E-state index contributed by atoms with van der Waals surface area (Å²) < 4.78 is 0. The summed E-state index contributed by atoms with van der Waals surface area (Å²) in [5.74, 6) is 0.195. The average Bonchev–Trinajstić information content (AvgIpc) is 3.27. The molecule has 0 radical (unpaired) electrons. The van der Waals surface area contributed by atoms with Gasteiger partial charge in [0.05, 0.1) is 11.2 Å². The summed E-state index contributed by atoms with van der Waals surface area (Å²) in [6.45, 7) is 0.559. The lowest BCUT2D eigenvalue weighted by molar-refractivity contribution is 0.0964. The summed E-state index contributed by atoms with van der Waals surface area (Å²) in [6.07, 6.45) is 4.65. The molecule has 23 heavy (non-hydrogen) atoms. The lowest BCUT2D eigenvalue weighted by Crippen LogP contribution is -2.14. The van der Waals surface area contributed by atoms with E-state index in [-0.39, 0.29) is 11.8 Å². The third-order valence-electron chi connectivity index (χ3n) is 4.59. The fourth-order valence-electron chi connectivity index (χ4n) is 3.39. The number of carbonyl (C=O) groups excluding carboxylic acids is 2. The highest BCUT2D eigenvalue weighted by Crippen LogP contribution is 2.36. The lowest BCUT2D eigenvalue weighted by atomic mass is 10.0. The zero-order valence-corrected chi connectivity index (χ0v) is 13.4. The SMILES string of the molecule is O=C1NCc2ccc(NC(=O)c3scnc3C3CCCC3)cc21. The van der Waals surface area contributed by atoms with Crippen molar-refractivity contribution in [2.45, 2.75) is 38.1 Å². The van der Waals surface area contributed by atoms with Gasteiger partial charge in [0.15, 0.2) is 0 Å². The first-order valence-electron chi connectivity index (χ1n) is 7.88. The zero-order valence-electron chi connectivity index (χ0n) is 12.6. The van der Waals surface area contributed by atoms with Crippen LogP contribution in [0.3, 0.4) is 0 Å². The lowest BCUT2D eigenvalue weighted by Gasteiger charge is -2.10. The second kappa shape index (κ2) is 5.77. The fraction of sp³-hybridized carbons (Fsp3) is 0.353. The van der Waals surface area contributed by atoms with Crippen molar-refractivity contribution in [3.63, 3.8) is 0 Å².